The second-order valence-electron chi connectivity index (χ2n) is 2.74. The first-order valence-electron chi connectivity index (χ1n) is 4.16. The highest BCUT2D eigenvalue weighted by Crippen LogP contribution is 2.10. The zero-order valence-electron chi connectivity index (χ0n) is 7.31. The summed E-state index contributed by atoms with van der Waals surface area (Å²) in [4.78, 5) is 4.16. The van der Waals surface area contributed by atoms with Gasteiger partial charge in [0, 0.05) is 12.7 Å². The third-order valence-electron chi connectivity index (χ3n) is 1.69. The number of pyridine rings is 1. The van der Waals surface area contributed by atoms with Gasteiger partial charge in [-0.05, 0) is 12.1 Å². The lowest BCUT2D eigenvalue weighted by molar-refractivity contribution is 0.311. The molecule has 0 atom stereocenters. The lowest BCUT2D eigenvalue weighted by Crippen LogP contribution is -2.06. The Bertz CT molecular complexity index is 442. The first-order valence-corrected chi connectivity index (χ1v) is 4.54. The molecule has 0 aliphatic heterocycles. The van der Waals surface area contributed by atoms with Gasteiger partial charge in [-0.3, -0.25) is 0 Å². The van der Waals surface area contributed by atoms with Crippen LogP contribution in [0.4, 0.5) is 5.95 Å². The molecule has 0 saturated heterocycles. The van der Waals surface area contributed by atoms with Gasteiger partial charge in [-0.25, -0.2) is 4.52 Å². The van der Waals surface area contributed by atoms with Crippen molar-refractivity contribution in [2.75, 3.05) is 18.5 Å². The number of aliphatic hydroxyl groups is 1. The van der Waals surface area contributed by atoms with Crippen LogP contribution in [0.2, 0.25) is 5.02 Å². The molecule has 74 valence electrons. The van der Waals surface area contributed by atoms with Crippen LogP contribution in [-0.2, 0) is 0 Å². The van der Waals surface area contributed by atoms with Gasteiger partial charge >= 0.3 is 0 Å². The minimum atomic E-state index is 0.0519. The number of rotatable bonds is 3. The van der Waals surface area contributed by atoms with Crippen LogP contribution in [0, 0.1) is 0 Å². The fourth-order valence-corrected chi connectivity index (χ4v) is 1.26. The van der Waals surface area contributed by atoms with Crippen molar-refractivity contribution in [3.8, 4) is 0 Å². The van der Waals surface area contributed by atoms with E-state index in [1.165, 1.54) is 0 Å². The maximum atomic E-state index is 8.60. The third-order valence-corrected chi connectivity index (χ3v) is 1.91. The summed E-state index contributed by atoms with van der Waals surface area (Å²) in [5.41, 5.74) is 0.717. The summed E-state index contributed by atoms with van der Waals surface area (Å²) in [6.07, 6.45) is 1.67. The van der Waals surface area contributed by atoms with Gasteiger partial charge in [-0.1, -0.05) is 11.6 Å². The molecule has 0 unspecified atom stereocenters. The Morgan fingerprint density at radius 2 is 2.36 bits per heavy atom. The van der Waals surface area contributed by atoms with Crippen molar-refractivity contribution in [1.82, 2.24) is 14.6 Å². The predicted molar refractivity (Wildman–Crippen MR) is 53.6 cm³/mol. The van der Waals surface area contributed by atoms with Crippen molar-refractivity contribution in [2.24, 2.45) is 0 Å². The third kappa shape index (κ3) is 1.78. The van der Waals surface area contributed by atoms with Gasteiger partial charge in [0.2, 0.25) is 5.95 Å². The lowest BCUT2D eigenvalue weighted by Gasteiger charge is -1.94. The molecule has 2 aromatic rings. The number of fused-ring (bicyclic) bond motifs is 1. The molecule has 6 heteroatoms. The average Bonchev–Trinajstić information content (AvgIpc) is 2.56. The van der Waals surface area contributed by atoms with Crippen LogP contribution in [-0.4, -0.2) is 32.9 Å². The summed E-state index contributed by atoms with van der Waals surface area (Å²) in [5.74, 6) is 0.487. The second kappa shape index (κ2) is 3.81. The van der Waals surface area contributed by atoms with Crippen LogP contribution < -0.4 is 5.32 Å². The SMILES string of the molecule is OCCNc1nc2ccc(Cl)cn2n1. The van der Waals surface area contributed by atoms with Crippen molar-refractivity contribution in [1.29, 1.82) is 0 Å². The molecule has 0 aromatic carbocycles. The molecule has 0 aliphatic carbocycles. The lowest BCUT2D eigenvalue weighted by atomic mass is 10.5. The summed E-state index contributed by atoms with van der Waals surface area (Å²) in [5, 5.41) is 16.2. The van der Waals surface area contributed by atoms with E-state index in [0.717, 1.165) is 5.65 Å². The first kappa shape index (κ1) is 9.23. The molecule has 0 fully saturated rings. The Morgan fingerprint density at radius 1 is 1.50 bits per heavy atom. The molecule has 0 spiro atoms. The molecular weight excluding hydrogens is 204 g/mol. The maximum absolute atomic E-state index is 8.60. The van der Waals surface area contributed by atoms with E-state index in [4.69, 9.17) is 16.7 Å². The molecule has 0 saturated carbocycles. The van der Waals surface area contributed by atoms with Crippen molar-refractivity contribution in [2.45, 2.75) is 0 Å². The predicted octanol–water partition coefficient (Wildman–Crippen LogP) is 0.787. The number of hydrogen-bond acceptors (Lipinski definition) is 4. The molecular formula is C8H9ClN4O. The van der Waals surface area contributed by atoms with Crippen LogP contribution in [0.1, 0.15) is 0 Å². The van der Waals surface area contributed by atoms with Gasteiger partial charge in [0.05, 0.1) is 11.6 Å². The molecule has 2 aromatic heterocycles. The summed E-state index contributed by atoms with van der Waals surface area (Å²) in [6, 6.07) is 3.53. The monoisotopic (exact) mass is 212 g/mol. The topological polar surface area (TPSA) is 62.5 Å². The van der Waals surface area contributed by atoms with E-state index in [0.29, 0.717) is 17.5 Å². The highest BCUT2D eigenvalue weighted by atomic mass is 35.5. The van der Waals surface area contributed by atoms with Gasteiger partial charge in [0.15, 0.2) is 5.65 Å². The summed E-state index contributed by atoms with van der Waals surface area (Å²) >= 11 is 5.78. The molecule has 2 N–H and O–H groups in total. The Balaban J connectivity index is 2.32. The van der Waals surface area contributed by atoms with E-state index in [-0.39, 0.29) is 6.61 Å². The number of nitrogens with zero attached hydrogens (tertiary/aromatic N) is 3. The standard InChI is InChI=1S/C8H9ClN4O/c9-6-1-2-7-11-8(10-3-4-14)12-13(7)5-6/h1-2,5,14H,3-4H2,(H,10,12). The zero-order chi connectivity index (χ0) is 9.97. The molecule has 2 heterocycles. The molecule has 14 heavy (non-hydrogen) atoms. The first-order chi connectivity index (χ1) is 6.79. The van der Waals surface area contributed by atoms with Crippen molar-refractivity contribution in [3.63, 3.8) is 0 Å². The number of hydrogen-bond donors (Lipinski definition) is 2. The van der Waals surface area contributed by atoms with Crippen LogP contribution in [0.5, 0.6) is 0 Å². The fraction of sp³-hybridized carbons (Fsp3) is 0.250. The van der Waals surface area contributed by atoms with E-state index in [1.807, 2.05) is 0 Å². The minimum absolute atomic E-state index is 0.0519. The summed E-state index contributed by atoms with van der Waals surface area (Å²) in [6.45, 7) is 0.487. The highest BCUT2D eigenvalue weighted by molar-refractivity contribution is 6.30. The Labute approximate surface area is 85.3 Å². The van der Waals surface area contributed by atoms with Crippen molar-refractivity contribution >= 4 is 23.2 Å². The van der Waals surface area contributed by atoms with E-state index in [1.54, 1.807) is 22.8 Å². The van der Waals surface area contributed by atoms with Gasteiger partial charge in [-0.15, -0.1) is 5.10 Å². The zero-order valence-corrected chi connectivity index (χ0v) is 8.07. The number of halogens is 1. The molecule has 5 nitrogen and oxygen atoms in total. The van der Waals surface area contributed by atoms with E-state index >= 15 is 0 Å². The minimum Gasteiger partial charge on any atom is -0.395 e. The van der Waals surface area contributed by atoms with E-state index < -0.39 is 0 Å². The number of anilines is 1. The fourth-order valence-electron chi connectivity index (χ4n) is 1.10. The van der Waals surface area contributed by atoms with Gasteiger partial charge < -0.3 is 10.4 Å². The van der Waals surface area contributed by atoms with Crippen molar-refractivity contribution in [3.05, 3.63) is 23.4 Å². The largest absolute Gasteiger partial charge is 0.395 e. The maximum Gasteiger partial charge on any atom is 0.243 e. The Kier molecular flexibility index (Phi) is 2.51. The molecule has 0 radical (unpaired) electrons. The average molecular weight is 213 g/mol. The van der Waals surface area contributed by atoms with E-state index in [2.05, 4.69) is 15.4 Å². The van der Waals surface area contributed by atoms with Gasteiger partial charge in [0.1, 0.15) is 0 Å². The quantitative estimate of drug-likeness (QED) is 0.790. The van der Waals surface area contributed by atoms with Crippen LogP contribution in [0.25, 0.3) is 5.65 Å². The Hall–Kier alpha value is -1.33. The van der Waals surface area contributed by atoms with Crippen LogP contribution in [0.15, 0.2) is 18.3 Å². The van der Waals surface area contributed by atoms with Crippen LogP contribution in [0.3, 0.4) is 0 Å². The normalized spacial score (nSPS) is 10.7. The van der Waals surface area contributed by atoms with Gasteiger partial charge in [-0.2, -0.15) is 4.98 Å². The summed E-state index contributed by atoms with van der Waals surface area (Å²) < 4.78 is 1.59. The smallest absolute Gasteiger partial charge is 0.243 e. The number of aromatic nitrogens is 3. The molecule has 2 rings (SSSR count). The second-order valence-corrected chi connectivity index (χ2v) is 3.17. The molecule has 0 bridgehead atoms. The number of nitrogens with one attached hydrogen (secondary N) is 1. The van der Waals surface area contributed by atoms with Gasteiger partial charge in [0.25, 0.3) is 0 Å². The Morgan fingerprint density at radius 3 is 3.14 bits per heavy atom. The van der Waals surface area contributed by atoms with Crippen molar-refractivity contribution < 1.29 is 5.11 Å². The van der Waals surface area contributed by atoms with Crippen LogP contribution >= 0.6 is 11.6 Å². The highest BCUT2D eigenvalue weighted by Gasteiger charge is 2.01. The molecule has 0 amide bonds. The summed E-state index contributed by atoms with van der Waals surface area (Å²) in [7, 11) is 0. The number of aliphatic hydroxyl groups excluding tert-OH is 1. The van der Waals surface area contributed by atoms with E-state index in [9.17, 15) is 0 Å². The molecule has 0 aliphatic rings.